The molecule has 1 aliphatic rings. The molecule has 10 nitrogen and oxygen atoms in total. The largest absolute Gasteiger partial charge is 0.431 e. The number of carbonyl (C=O) groups is 2. The van der Waals surface area contributed by atoms with Gasteiger partial charge in [-0.1, -0.05) is 121 Å². The van der Waals surface area contributed by atoms with Crippen LogP contribution in [0.4, 0.5) is 0 Å². The van der Waals surface area contributed by atoms with E-state index in [1.807, 2.05) is 109 Å². The van der Waals surface area contributed by atoms with Gasteiger partial charge in [0.05, 0.1) is 18.8 Å². The van der Waals surface area contributed by atoms with Gasteiger partial charge in [-0.25, -0.2) is 10.5 Å². The number of rotatable bonds is 15. The van der Waals surface area contributed by atoms with Gasteiger partial charge in [0.2, 0.25) is 11.8 Å². The number of thioether (sulfide) groups is 1. The highest BCUT2D eigenvalue weighted by Gasteiger charge is 2.33. The summed E-state index contributed by atoms with van der Waals surface area (Å²) < 4.78 is 19.4. The van der Waals surface area contributed by atoms with Gasteiger partial charge in [0.1, 0.15) is 5.69 Å². The molecule has 0 radical (unpaired) electrons. The zero-order valence-corrected chi connectivity index (χ0v) is 28.9. The maximum absolute atomic E-state index is 12.3. The van der Waals surface area contributed by atoms with Crippen molar-refractivity contribution in [3.05, 3.63) is 131 Å². The average Bonchev–Trinajstić information content (AvgIpc) is 3.63. The number of amides is 2. The Morgan fingerprint density at radius 1 is 0.765 bits per heavy atom. The molecule has 0 saturated carbocycles. The second-order valence-corrected chi connectivity index (χ2v) is 13.3. The lowest BCUT2D eigenvalue weighted by Gasteiger charge is -2.36. The highest BCUT2D eigenvalue weighted by Crippen LogP contribution is 2.41. The fourth-order valence-corrected chi connectivity index (χ4v) is 6.68. The molecule has 1 saturated heterocycles. The van der Waals surface area contributed by atoms with Gasteiger partial charge in [-0.15, -0.1) is 0 Å². The van der Waals surface area contributed by atoms with Crippen LogP contribution in [0.15, 0.2) is 119 Å². The number of hydrogen-bond acceptors (Lipinski definition) is 9. The molecular formula is C40H41N3O7S. The monoisotopic (exact) mass is 707 g/mol. The Kier molecular flexibility index (Phi) is 12.7. The maximum Gasteiger partial charge on any atom is 0.256 e. The van der Waals surface area contributed by atoms with Crippen LogP contribution in [0.1, 0.15) is 66.8 Å². The van der Waals surface area contributed by atoms with Crippen molar-refractivity contribution in [1.29, 1.82) is 0 Å². The molecule has 4 N–H and O–H groups in total. The zero-order chi connectivity index (χ0) is 35.4. The molecule has 1 aliphatic heterocycles. The van der Waals surface area contributed by atoms with Gasteiger partial charge >= 0.3 is 0 Å². The van der Waals surface area contributed by atoms with Gasteiger partial charge in [-0.2, -0.15) is 0 Å². The minimum Gasteiger partial charge on any atom is -0.431 e. The lowest BCUT2D eigenvalue weighted by molar-refractivity contribution is -0.245. The number of unbranched alkanes of at least 4 members (excludes halogenated alkanes) is 1. The highest BCUT2D eigenvalue weighted by molar-refractivity contribution is 7.99. The number of hydrogen-bond donors (Lipinski definition) is 4. The molecule has 2 heterocycles. The highest BCUT2D eigenvalue weighted by atomic mass is 32.2. The molecule has 2 amide bonds. The number of aliphatic hydroxyl groups excluding tert-OH is 1. The van der Waals surface area contributed by atoms with E-state index in [0.717, 1.165) is 44.8 Å². The normalized spacial score (nSPS) is 17.2. The Bertz CT molecular complexity index is 1790. The average molecular weight is 708 g/mol. The fraction of sp³-hybridized carbons (Fsp3) is 0.275. The van der Waals surface area contributed by atoms with E-state index in [2.05, 4.69) is 5.32 Å². The molecule has 1 aromatic heterocycles. The minimum atomic E-state index is -0.629. The van der Waals surface area contributed by atoms with Gasteiger partial charge in [-0.05, 0) is 29.5 Å². The Morgan fingerprint density at radius 2 is 1.39 bits per heavy atom. The van der Waals surface area contributed by atoms with E-state index in [-0.39, 0.29) is 31.1 Å². The van der Waals surface area contributed by atoms with Crippen LogP contribution in [-0.2, 0) is 32.2 Å². The van der Waals surface area contributed by atoms with Gasteiger partial charge < -0.3 is 24.3 Å². The first kappa shape index (κ1) is 36.0. The summed E-state index contributed by atoms with van der Waals surface area (Å²) in [5.41, 5.74) is 7.94. The number of aromatic nitrogens is 1. The van der Waals surface area contributed by atoms with E-state index >= 15 is 0 Å². The van der Waals surface area contributed by atoms with Crippen LogP contribution in [0.5, 0.6) is 0 Å². The Balaban J connectivity index is 1.13. The summed E-state index contributed by atoms with van der Waals surface area (Å²) in [5.74, 6) is 0.751. The molecule has 0 spiro atoms. The molecule has 0 aliphatic carbocycles. The molecular weight excluding hydrogens is 667 g/mol. The van der Waals surface area contributed by atoms with Crippen LogP contribution < -0.4 is 10.8 Å². The number of nitrogens with zero attached hydrogens (tertiary/aromatic N) is 1. The second-order valence-electron chi connectivity index (χ2n) is 12.3. The Hall–Kier alpha value is -4.78. The summed E-state index contributed by atoms with van der Waals surface area (Å²) in [6, 6.07) is 35.6. The first-order valence-corrected chi connectivity index (χ1v) is 18.0. The number of oxazole rings is 1. The van der Waals surface area contributed by atoms with Crippen LogP contribution in [0.25, 0.3) is 22.6 Å². The van der Waals surface area contributed by atoms with Gasteiger partial charge in [-0.3, -0.25) is 14.8 Å². The predicted octanol–water partition coefficient (Wildman–Crippen LogP) is 7.52. The van der Waals surface area contributed by atoms with Crippen molar-refractivity contribution in [2.75, 3.05) is 5.75 Å². The molecule has 0 bridgehead atoms. The third-order valence-electron chi connectivity index (χ3n) is 8.62. The summed E-state index contributed by atoms with van der Waals surface area (Å²) in [6.45, 7) is 0.340. The lowest BCUT2D eigenvalue weighted by atomic mass is 10.0. The third kappa shape index (κ3) is 9.93. The quantitative estimate of drug-likeness (QED) is 0.0376. The third-order valence-corrected chi connectivity index (χ3v) is 9.58. The maximum atomic E-state index is 12.3. The van der Waals surface area contributed by atoms with Gasteiger partial charge in [0.25, 0.3) is 5.22 Å². The standard InChI is InChI=1S/C40H41N3O7S/c44-25-28-17-19-29(20-18-28)34-23-33(26-51-40-42-37(30-9-3-1-4-10-30)38(50-40)31-11-5-2-6-12-31)48-39(49-34)32-21-15-27(16-22-32)24-41-35(45)13-7-8-14-36(46)43-47/h1-6,9-12,15-22,33-34,39,44,47H,7-8,13-14,23-26H2,(H,41,45)(H,43,46). The van der Waals surface area contributed by atoms with E-state index < -0.39 is 12.2 Å². The SMILES string of the molecule is O=C(CCCCC(=O)NCc1ccc(C2OC(CSc3nc(-c4ccccc4)c(-c4ccccc4)o3)CC(c3ccc(CO)cc3)O2)cc1)NO. The van der Waals surface area contributed by atoms with Crippen molar-refractivity contribution in [3.8, 4) is 22.6 Å². The number of aliphatic hydroxyl groups is 1. The van der Waals surface area contributed by atoms with Crippen LogP contribution in [0.2, 0.25) is 0 Å². The molecule has 5 aromatic rings. The molecule has 11 heteroatoms. The van der Waals surface area contributed by atoms with Crippen molar-refractivity contribution in [1.82, 2.24) is 15.8 Å². The fourth-order valence-electron chi connectivity index (χ4n) is 5.83. The summed E-state index contributed by atoms with van der Waals surface area (Å²) in [7, 11) is 0. The Morgan fingerprint density at radius 3 is 2.06 bits per heavy atom. The van der Waals surface area contributed by atoms with Crippen LogP contribution in [0, 0.1) is 0 Å². The van der Waals surface area contributed by atoms with Crippen molar-refractivity contribution in [3.63, 3.8) is 0 Å². The zero-order valence-electron chi connectivity index (χ0n) is 28.1. The van der Waals surface area contributed by atoms with Crippen LogP contribution in [-0.4, -0.2) is 39.0 Å². The van der Waals surface area contributed by atoms with E-state index in [4.69, 9.17) is 24.1 Å². The first-order valence-electron chi connectivity index (χ1n) is 17.0. The number of benzene rings is 4. The van der Waals surface area contributed by atoms with E-state index in [9.17, 15) is 14.7 Å². The lowest BCUT2D eigenvalue weighted by Crippen LogP contribution is -2.31. The number of ether oxygens (including phenoxy) is 2. The van der Waals surface area contributed by atoms with E-state index in [0.29, 0.717) is 43.2 Å². The topological polar surface area (TPSA) is 143 Å². The van der Waals surface area contributed by atoms with Crippen molar-refractivity contribution in [2.45, 2.75) is 69.0 Å². The van der Waals surface area contributed by atoms with Crippen molar-refractivity contribution < 1.29 is 33.8 Å². The second kappa shape index (κ2) is 17.9. The van der Waals surface area contributed by atoms with E-state index in [1.165, 1.54) is 11.8 Å². The van der Waals surface area contributed by atoms with Gasteiger partial charge in [0.15, 0.2) is 12.1 Å². The summed E-state index contributed by atoms with van der Waals surface area (Å²) >= 11 is 1.51. The molecule has 4 aromatic carbocycles. The summed E-state index contributed by atoms with van der Waals surface area (Å²) in [6.07, 6.45) is 1.11. The first-order chi connectivity index (χ1) is 25.0. The smallest absolute Gasteiger partial charge is 0.256 e. The van der Waals surface area contributed by atoms with Crippen molar-refractivity contribution in [2.24, 2.45) is 0 Å². The summed E-state index contributed by atoms with van der Waals surface area (Å²) in [5, 5.41) is 21.6. The molecule has 3 atom stereocenters. The number of hydroxylamine groups is 1. The number of nitrogens with one attached hydrogen (secondary N) is 2. The van der Waals surface area contributed by atoms with Crippen LogP contribution in [0.3, 0.4) is 0 Å². The van der Waals surface area contributed by atoms with Crippen LogP contribution >= 0.6 is 11.8 Å². The van der Waals surface area contributed by atoms with E-state index in [1.54, 1.807) is 5.48 Å². The molecule has 6 rings (SSSR count). The van der Waals surface area contributed by atoms with Crippen molar-refractivity contribution >= 4 is 23.6 Å². The Labute approximate surface area is 301 Å². The molecule has 264 valence electrons. The number of carbonyl (C=O) groups excluding carboxylic acids is 2. The van der Waals surface area contributed by atoms with Gasteiger partial charge in [0, 0.05) is 48.3 Å². The molecule has 51 heavy (non-hydrogen) atoms. The summed E-state index contributed by atoms with van der Waals surface area (Å²) in [4.78, 5) is 28.3. The molecule has 1 fully saturated rings. The minimum absolute atomic E-state index is 0.0287. The predicted molar refractivity (Wildman–Crippen MR) is 193 cm³/mol. The molecule has 3 unspecified atom stereocenters.